The van der Waals surface area contributed by atoms with Crippen LogP contribution in [-0.2, 0) is 0 Å². The Hall–Kier alpha value is 0.190. The van der Waals surface area contributed by atoms with Crippen molar-refractivity contribution in [1.29, 1.82) is 0 Å². The lowest BCUT2D eigenvalue weighted by Crippen LogP contribution is -2.30. The van der Waals surface area contributed by atoms with Gasteiger partial charge in [-0.15, -0.1) is 12.4 Å². The summed E-state index contributed by atoms with van der Waals surface area (Å²) in [7, 11) is 0. The van der Waals surface area contributed by atoms with Crippen molar-refractivity contribution in [2.45, 2.75) is 26.0 Å². The molecule has 6 heteroatoms. The zero-order chi connectivity index (χ0) is 12.5. The quantitative estimate of drug-likeness (QED) is 0.743. The van der Waals surface area contributed by atoms with Crippen molar-refractivity contribution >= 4 is 44.3 Å². The fourth-order valence-corrected chi connectivity index (χ4v) is 2.61. The topological polar surface area (TPSA) is 66.5 Å². The van der Waals surface area contributed by atoms with E-state index in [2.05, 4.69) is 31.9 Å². The molecule has 0 amide bonds. The molecule has 0 aromatic heterocycles. The van der Waals surface area contributed by atoms with E-state index in [4.69, 9.17) is 5.73 Å². The molecule has 0 unspecified atom stereocenters. The molecular formula is C11H16Br2ClNO2. The van der Waals surface area contributed by atoms with Gasteiger partial charge in [0, 0.05) is 0 Å². The summed E-state index contributed by atoms with van der Waals surface area (Å²) in [6.45, 7) is 3.82. The number of aliphatic hydroxyl groups is 1. The minimum absolute atomic E-state index is 0. The average Bonchev–Trinajstić information content (AvgIpc) is 2.22. The monoisotopic (exact) mass is 387 g/mol. The molecule has 0 aliphatic heterocycles. The first-order chi connectivity index (χ1) is 7.34. The Labute approximate surface area is 124 Å². The molecule has 0 saturated heterocycles. The predicted molar refractivity (Wildman–Crippen MR) is 78.5 cm³/mol. The Bertz CT molecular complexity index is 365. The Morgan fingerprint density at radius 1 is 1.18 bits per heavy atom. The van der Waals surface area contributed by atoms with Crippen LogP contribution in [0.1, 0.15) is 25.5 Å². The van der Waals surface area contributed by atoms with Crippen molar-refractivity contribution in [3.05, 3.63) is 26.6 Å². The molecule has 0 saturated carbocycles. The van der Waals surface area contributed by atoms with Crippen LogP contribution in [-0.4, -0.2) is 16.3 Å². The summed E-state index contributed by atoms with van der Waals surface area (Å²) in [5.41, 5.74) is 6.73. The predicted octanol–water partition coefficient (Wildman–Crippen LogP) is 3.36. The molecule has 0 heterocycles. The zero-order valence-electron chi connectivity index (χ0n) is 9.52. The van der Waals surface area contributed by atoms with Gasteiger partial charge in [0.1, 0.15) is 5.75 Å². The number of aliphatic hydroxyl groups excluding tert-OH is 1. The maximum Gasteiger partial charge on any atom is 0.143 e. The van der Waals surface area contributed by atoms with Crippen LogP contribution in [0.5, 0.6) is 5.75 Å². The van der Waals surface area contributed by atoms with Gasteiger partial charge in [0.15, 0.2) is 0 Å². The summed E-state index contributed by atoms with van der Waals surface area (Å²) in [6.07, 6.45) is -0.608. The second kappa shape index (κ2) is 6.95. The first-order valence-corrected chi connectivity index (χ1v) is 6.54. The molecule has 0 bridgehead atoms. The minimum Gasteiger partial charge on any atom is -0.506 e. The molecule has 0 aliphatic carbocycles. The number of phenols is 1. The van der Waals surface area contributed by atoms with Gasteiger partial charge in [-0.2, -0.15) is 0 Å². The van der Waals surface area contributed by atoms with Gasteiger partial charge in [-0.25, -0.2) is 0 Å². The van der Waals surface area contributed by atoms with E-state index >= 15 is 0 Å². The van der Waals surface area contributed by atoms with Crippen LogP contribution in [0.4, 0.5) is 0 Å². The van der Waals surface area contributed by atoms with Gasteiger partial charge < -0.3 is 15.9 Å². The molecule has 0 radical (unpaired) electrons. The van der Waals surface area contributed by atoms with E-state index < -0.39 is 12.1 Å². The fourth-order valence-electron chi connectivity index (χ4n) is 1.39. The molecule has 17 heavy (non-hydrogen) atoms. The highest BCUT2D eigenvalue weighted by Crippen LogP contribution is 2.35. The SMILES string of the molecule is CC(C)[C@H](O)[C@H](N)c1cc(Br)c(O)c(Br)c1.Cl. The second-order valence-corrected chi connectivity index (χ2v) is 5.80. The van der Waals surface area contributed by atoms with Gasteiger partial charge in [-0.05, 0) is 55.5 Å². The number of aromatic hydroxyl groups is 1. The summed E-state index contributed by atoms with van der Waals surface area (Å²) in [4.78, 5) is 0. The van der Waals surface area contributed by atoms with E-state index in [1.807, 2.05) is 13.8 Å². The summed E-state index contributed by atoms with van der Waals surface area (Å²) in [6, 6.07) is 2.97. The largest absolute Gasteiger partial charge is 0.506 e. The molecule has 4 N–H and O–H groups in total. The van der Waals surface area contributed by atoms with Crippen molar-refractivity contribution in [2.75, 3.05) is 0 Å². The van der Waals surface area contributed by atoms with E-state index in [9.17, 15) is 10.2 Å². The maximum absolute atomic E-state index is 9.88. The van der Waals surface area contributed by atoms with Gasteiger partial charge in [0.05, 0.1) is 21.1 Å². The van der Waals surface area contributed by atoms with Crippen molar-refractivity contribution in [3.8, 4) is 5.75 Å². The zero-order valence-corrected chi connectivity index (χ0v) is 13.5. The lowest BCUT2D eigenvalue weighted by Gasteiger charge is -2.23. The van der Waals surface area contributed by atoms with Crippen LogP contribution in [0.2, 0.25) is 0 Å². The fraction of sp³-hybridized carbons (Fsp3) is 0.455. The molecule has 0 aliphatic rings. The molecule has 1 aromatic rings. The third-order valence-corrected chi connectivity index (χ3v) is 3.68. The summed E-state index contributed by atoms with van der Waals surface area (Å²) in [5, 5.41) is 19.4. The van der Waals surface area contributed by atoms with Gasteiger partial charge >= 0.3 is 0 Å². The highest BCUT2D eigenvalue weighted by atomic mass is 79.9. The second-order valence-electron chi connectivity index (χ2n) is 4.09. The molecule has 0 spiro atoms. The molecule has 1 rings (SSSR count). The number of hydrogen-bond acceptors (Lipinski definition) is 3. The highest BCUT2D eigenvalue weighted by Gasteiger charge is 2.21. The van der Waals surface area contributed by atoms with Crippen LogP contribution >= 0.6 is 44.3 Å². The lowest BCUT2D eigenvalue weighted by atomic mass is 9.94. The number of hydrogen-bond donors (Lipinski definition) is 3. The third-order valence-electron chi connectivity index (χ3n) is 2.48. The molecule has 2 atom stereocenters. The number of halogens is 3. The Morgan fingerprint density at radius 2 is 1.59 bits per heavy atom. The van der Waals surface area contributed by atoms with E-state index in [0.717, 1.165) is 5.56 Å². The molecule has 0 fully saturated rings. The standard InChI is InChI=1S/C11H15Br2NO2.ClH/c1-5(2)10(15)9(14)6-3-7(12)11(16)8(13)4-6;/h3-5,9-10,15-16H,14H2,1-2H3;1H/t9-,10+;/m1./s1. The number of benzene rings is 1. The van der Waals surface area contributed by atoms with Crippen molar-refractivity contribution < 1.29 is 10.2 Å². The van der Waals surface area contributed by atoms with Crippen molar-refractivity contribution in [3.63, 3.8) is 0 Å². The van der Waals surface area contributed by atoms with Crippen molar-refractivity contribution in [1.82, 2.24) is 0 Å². The normalized spacial score (nSPS) is 14.3. The smallest absolute Gasteiger partial charge is 0.143 e. The third kappa shape index (κ3) is 4.10. The molecule has 3 nitrogen and oxygen atoms in total. The van der Waals surface area contributed by atoms with Gasteiger partial charge in [0.25, 0.3) is 0 Å². The Balaban J connectivity index is 0.00000256. The van der Waals surface area contributed by atoms with Crippen LogP contribution in [0.15, 0.2) is 21.1 Å². The Kier molecular flexibility index (Phi) is 7.02. The molecule has 1 aromatic carbocycles. The first-order valence-electron chi connectivity index (χ1n) is 4.96. The van der Waals surface area contributed by atoms with Crippen molar-refractivity contribution in [2.24, 2.45) is 11.7 Å². The van der Waals surface area contributed by atoms with E-state index in [1.165, 1.54) is 0 Å². The number of rotatable bonds is 3. The lowest BCUT2D eigenvalue weighted by molar-refractivity contribution is 0.0979. The van der Waals surface area contributed by atoms with Crippen LogP contribution < -0.4 is 5.73 Å². The van der Waals surface area contributed by atoms with Crippen LogP contribution in [0.3, 0.4) is 0 Å². The summed E-state index contributed by atoms with van der Waals surface area (Å²) >= 11 is 6.47. The van der Waals surface area contributed by atoms with Gasteiger partial charge in [-0.3, -0.25) is 0 Å². The average molecular weight is 390 g/mol. The number of phenolic OH excluding ortho intramolecular Hbond substituents is 1. The minimum atomic E-state index is -0.608. The Morgan fingerprint density at radius 3 is 1.94 bits per heavy atom. The van der Waals surface area contributed by atoms with Crippen LogP contribution in [0.25, 0.3) is 0 Å². The van der Waals surface area contributed by atoms with Gasteiger partial charge in [0.2, 0.25) is 0 Å². The molecular weight excluding hydrogens is 373 g/mol. The van der Waals surface area contributed by atoms with Crippen LogP contribution in [0, 0.1) is 5.92 Å². The van der Waals surface area contributed by atoms with E-state index in [-0.39, 0.29) is 24.1 Å². The number of nitrogens with two attached hydrogens (primary N) is 1. The maximum atomic E-state index is 9.88. The highest BCUT2D eigenvalue weighted by molar-refractivity contribution is 9.11. The summed E-state index contributed by atoms with van der Waals surface area (Å²) < 4.78 is 1.12. The first kappa shape index (κ1) is 17.2. The van der Waals surface area contributed by atoms with Gasteiger partial charge in [-0.1, -0.05) is 13.8 Å². The van der Waals surface area contributed by atoms with E-state index in [1.54, 1.807) is 12.1 Å². The summed E-state index contributed by atoms with van der Waals surface area (Å²) in [5.74, 6) is 0.219. The van der Waals surface area contributed by atoms with E-state index in [0.29, 0.717) is 8.95 Å². The molecule has 98 valence electrons.